The molecule has 6 nitrogen and oxygen atoms in total. The van der Waals surface area contributed by atoms with Crippen LogP contribution in [-0.2, 0) is 0 Å². The molecule has 0 saturated carbocycles. The van der Waals surface area contributed by atoms with Crippen molar-refractivity contribution in [1.29, 1.82) is 0 Å². The van der Waals surface area contributed by atoms with Crippen molar-refractivity contribution in [3.05, 3.63) is 139 Å². The van der Waals surface area contributed by atoms with Crippen molar-refractivity contribution in [3.63, 3.8) is 0 Å². The van der Waals surface area contributed by atoms with Crippen LogP contribution in [0.2, 0.25) is 0 Å². The highest BCUT2D eigenvalue weighted by molar-refractivity contribution is 7.28. The fourth-order valence-electron chi connectivity index (χ4n) is 7.30. The van der Waals surface area contributed by atoms with Gasteiger partial charge in [-0.15, -0.1) is 0 Å². The van der Waals surface area contributed by atoms with Crippen LogP contribution in [0.25, 0.3) is 82.9 Å². The first kappa shape index (κ1) is 25.5. The third-order valence-electron chi connectivity index (χ3n) is 9.28. The third kappa shape index (κ3) is 3.42. The fraction of sp³-hybridized carbons (Fsp3) is 0.0256. The maximum atomic E-state index is 5.58. The highest BCUT2D eigenvalue weighted by Gasteiger charge is 2.23. The zero-order chi connectivity index (χ0) is 30.4. The molecule has 4 aromatic carbocycles. The summed E-state index contributed by atoms with van der Waals surface area (Å²) in [5.41, 5.74) is 9.68. The smallest absolute Gasteiger partial charge is 0.145 e. The predicted molar refractivity (Wildman–Crippen MR) is 190 cm³/mol. The van der Waals surface area contributed by atoms with Crippen LogP contribution in [0.1, 0.15) is 5.56 Å². The van der Waals surface area contributed by atoms with E-state index in [1.54, 1.807) is 0 Å². The van der Waals surface area contributed by atoms with Gasteiger partial charge in [-0.25, -0.2) is 9.97 Å². The lowest BCUT2D eigenvalue weighted by atomic mass is 10.2. The first-order valence-electron chi connectivity index (χ1n) is 15.3. The Morgan fingerprint density at radius 3 is 1.74 bits per heavy atom. The second-order valence-electron chi connectivity index (χ2n) is 11.7. The Morgan fingerprint density at radius 2 is 1.13 bits per heavy atom. The van der Waals surface area contributed by atoms with Crippen LogP contribution in [0.3, 0.4) is 0 Å². The van der Waals surface area contributed by atoms with Gasteiger partial charge in [-0.1, -0.05) is 81.0 Å². The molecule has 10 aromatic rings. The van der Waals surface area contributed by atoms with Gasteiger partial charge >= 0.3 is 0 Å². The number of rotatable bonds is 3. The summed E-state index contributed by atoms with van der Waals surface area (Å²) >= 11 is 0. The van der Waals surface area contributed by atoms with E-state index in [0.29, 0.717) is 0 Å². The van der Waals surface area contributed by atoms with Crippen molar-refractivity contribution in [1.82, 2.24) is 28.7 Å². The van der Waals surface area contributed by atoms with Gasteiger partial charge in [-0.2, -0.15) is 0 Å². The lowest BCUT2D eigenvalue weighted by Crippen LogP contribution is -2.10. The van der Waals surface area contributed by atoms with E-state index in [0.717, 1.165) is 75.1 Å². The van der Waals surface area contributed by atoms with E-state index in [2.05, 4.69) is 141 Å². The van der Waals surface area contributed by atoms with Crippen LogP contribution in [0.5, 0.6) is 0 Å². The molecule has 6 aromatic heterocycles. The Kier molecular flexibility index (Phi) is 5.31. The summed E-state index contributed by atoms with van der Waals surface area (Å²) in [6, 6.07) is 38.7. The SMILES string of the molecule is Cc1c(-n2c3cnccc3c3ncpcc32)cc(-n2c3ccccc3c3ccccc32)nc1-n1c2ccccc2c2ccccc21. The number of aromatic nitrogens is 6. The molecule has 0 N–H and O–H groups in total. The Labute approximate surface area is 264 Å². The number of benzene rings is 4. The van der Waals surface area contributed by atoms with Crippen molar-refractivity contribution in [2.75, 3.05) is 0 Å². The Bertz CT molecular complexity index is 2540. The molecule has 216 valence electrons. The normalized spacial score (nSPS) is 12.2. The van der Waals surface area contributed by atoms with Gasteiger partial charge in [0.2, 0.25) is 0 Å². The summed E-state index contributed by atoms with van der Waals surface area (Å²) in [4.78, 5) is 15.0. The molecule has 0 aliphatic carbocycles. The Morgan fingerprint density at radius 1 is 0.565 bits per heavy atom. The average molecular weight is 609 g/mol. The monoisotopic (exact) mass is 608 g/mol. The molecule has 0 bridgehead atoms. The zero-order valence-corrected chi connectivity index (χ0v) is 25.7. The van der Waals surface area contributed by atoms with Gasteiger partial charge in [0, 0.05) is 44.8 Å². The van der Waals surface area contributed by atoms with Gasteiger partial charge in [0.25, 0.3) is 0 Å². The molecule has 46 heavy (non-hydrogen) atoms. The largest absolute Gasteiger partial charge is 0.305 e. The van der Waals surface area contributed by atoms with E-state index in [9.17, 15) is 0 Å². The molecule has 0 aliphatic rings. The van der Waals surface area contributed by atoms with Crippen LogP contribution < -0.4 is 0 Å². The molecule has 0 aliphatic heterocycles. The average Bonchev–Trinajstić information content (AvgIpc) is 3.75. The molecule has 7 heteroatoms. The van der Waals surface area contributed by atoms with Gasteiger partial charge < -0.3 is 4.57 Å². The lowest BCUT2D eigenvalue weighted by molar-refractivity contribution is 0.976. The molecule has 0 radical (unpaired) electrons. The molecule has 6 heterocycles. The van der Waals surface area contributed by atoms with E-state index >= 15 is 0 Å². The summed E-state index contributed by atoms with van der Waals surface area (Å²) in [5, 5.41) is 5.90. The molecule has 0 fully saturated rings. The molecular formula is C39H25N6P. The molecular weight excluding hydrogens is 583 g/mol. The van der Waals surface area contributed by atoms with Crippen LogP contribution in [0.4, 0.5) is 0 Å². The van der Waals surface area contributed by atoms with E-state index in [4.69, 9.17) is 9.97 Å². The number of nitrogens with zero attached hydrogens (tertiary/aromatic N) is 6. The number of fused-ring (bicyclic) bond motifs is 9. The van der Waals surface area contributed by atoms with E-state index < -0.39 is 0 Å². The minimum absolute atomic E-state index is 0.853. The fourth-order valence-corrected chi connectivity index (χ4v) is 7.93. The van der Waals surface area contributed by atoms with Crippen molar-refractivity contribution in [3.8, 4) is 17.3 Å². The van der Waals surface area contributed by atoms with E-state index in [1.165, 1.54) is 21.5 Å². The number of hydrogen-bond donors (Lipinski definition) is 0. The minimum Gasteiger partial charge on any atom is -0.305 e. The number of pyridine rings is 2. The number of para-hydroxylation sites is 4. The van der Waals surface area contributed by atoms with Crippen molar-refractivity contribution < 1.29 is 0 Å². The molecule has 10 rings (SSSR count). The van der Waals surface area contributed by atoms with Crippen molar-refractivity contribution in [2.45, 2.75) is 6.92 Å². The van der Waals surface area contributed by atoms with Crippen molar-refractivity contribution in [2.24, 2.45) is 0 Å². The molecule has 0 spiro atoms. The summed E-state index contributed by atoms with van der Waals surface area (Å²) in [6.45, 7) is 2.19. The second kappa shape index (κ2) is 9.58. The topological polar surface area (TPSA) is 53.5 Å². The zero-order valence-electron chi connectivity index (χ0n) is 24.8. The number of hydrogen-bond acceptors (Lipinski definition) is 3. The quantitative estimate of drug-likeness (QED) is 0.201. The minimum atomic E-state index is 0.853. The standard InChI is InChI=1S/C39H25N6P/c1-24-34(43-35-21-40-19-18-29(35)38-36(43)22-46-23-41-38)20-37(44-30-14-6-2-10-25(30)26-11-3-7-15-31(26)44)42-39(24)45-32-16-8-4-12-27(32)28-13-5-9-17-33(28)45/h2-23H,1H3. The first-order valence-corrected chi connectivity index (χ1v) is 16.3. The highest BCUT2D eigenvalue weighted by atomic mass is 31.0. The van der Waals surface area contributed by atoms with E-state index in [1.807, 2.05) is 18.3 Å². The van der Waals surface area contributed by atoms with Crippen LogP contribution in [0, 0.1) is 6.92 Å². The summed E-state index contributed by atoms with van der Waals surface area (Å²) in [7, 11) is 1.05. The lowest BCUT2D eigenvalue weighted by Gasteiger charge is -2.19. The predicted octanol–water partition coefficient (Wildman–Crippen LogP) is 10.1. The molecule has 0 amide bonds. The Balaban J connectivity index is 1.41. The maximum absolute atomic E-state index is 5.58. The van der Waals surface area contributed by atoms with Gasteiger partial charge in [-0.3, -0.25) is 14.1 Å². The van der Waals surface area contributed by atoms with Crippen molar-refractivity contribution >= 4 is 73.7 Å². The highest BCUT2D eigenvalue weighted by Crippen LogP contribution is 2.39. The summed E-state index contributed by atoms with van der Waals surface area (Å²) in [6.07, 6.45) is 3.80. The first-order chi connectivity index (χ1) is 22.8. The van der Waals surface area contributed by atoms with Crippen LogP contribution in [0.15, 0.2) is 133 Å². The van der Waals surface area contributed by atoms with Crippen LogP contribution >= 0.6 is 8.19 Å². The second-order valence-corrected chi connectivity index (χ2v) is 12.5. The van der Waals surface area contributed by atoms with Crippen LogP contribution in [-0.4, -0.2) is 28.7 Å². The summed E-state index contributed by atoms with van der Waals surface area (Å²) in [5.74, 6) is 5.94. The van der Waals surface area contributed by atoms with Gasteiger partial charge in [-0.05, 0) is 43.1 Å². The molecule has 0 atom stereocenters. The van der Waals surface area contributed by atoms with E-state index in [-0.39, 0.29) is 0 Å². The Hall–Kier alpha value is -5.84. The molecule has 0 saturated heterocycles. The van der Waals surface area contributed by atoms with Gasteiger partial charge in [0.1, 0.15) is 11.6 Å². The van der Waals surface area contributed by atoms with Gasteiger partial charge in [0.15, 0.2) is 0 Å². The maximum Gasteiger partial charge on any atom is 0.145 e. The van der Waals surface area contributed by atoms with Gasteiger partial charge in [0.05, 0.1) is 56.4 Å². The summed E-state index contributed by atoms with van der Waals surface area (Å²) < 4.78 is 6.96. The third-order valence-corrected chi connectivity index (χ3v) is 9.92. The molecule has 0 unspecified atom stereocenters.